The van der Waals surface area contributed by atoms with E-state index in [0.29, 0.717) is 40.1 Å². The summed E-state index contributed by atoms with van der Waals surface area (Å²) in [5, 5.41) is 12.1. The van der Waals surface area contributed by atoms with Gasteiger partial charge in [0.2, 0.25) is 11.8 Å². The number of phenolic OH excluding ortho intramolecular Hbond substituents is 1. The molecule has 254 valence electrons. The summed E-state index contributed by atoms with van der Waals surface area (Å²) in [5.41, 5.74) is 4.55. The van der Waals surface area contributed by atoms with Crippen LogP contribution in [0.25, 0.3) is 22.9 Å². The van der Waals surface area contributed by atoms with Gasteiger partial charge < -0.3 is 14.6 Å². The van der Waals surface area contributed by atoms with Gasteiger partial charge in [-0.1, -0.05) is 66.3 Å². The molecule has 2 amide bonds. The van der Waals surface area contributed by atoms with Crippen molar-refractivity contribution in [3.63, 3.8) is 0 Å². The first-order chi connectivity index (χ1) is 24.7. The number of ether oxygens (including phenoxy) is 2. The molecule has 0 bridgehead atoms. The van der Waals surface area contributed by atoms with Crippen molar-refractivity contribution in [1.29, 1.82) is 0 Å². The summed E-state index contributed by atoms with van der Waals surface area (Å²) in [6.07, 6.45) is 7.66. The van der Waals surface area contributed by atoms with Crippen molar-refractivity contribution in [2.45, 2.75) is 18.8 Å². The van der Waals surface area contributed by atoms with E-state index in [0.717, 1.165) is 27.6 Å². The van der Waals surface area contributed by atoms with E-state index in [4.69, 9.17) is 9.47 Å². The predicted octanol–water partition coefficient (Wildman–Crippen LogP) is 7.70. The average molecular weight is 743 g/mol. The topological polar surface area (TPSA) is 110 Å². The molecule has 8 rings (SSSR count). The van der Waals surface area contributed by atoms with Crippen LogP contribution in [0.1, 0.15) is 35.4 Å². The Bertz CT molecular complexity index is 2320. The van der Waals surface area contributed by atoms with Crippen LogP contribution in [0, 0.1) is 17.8 Å². The summed E-state index contributed by atoms with van der Waals surface area (Å²) in [5.74, 6) is -2.04. The molecule has 4 atom stereocenters. The quantitative estimate of drug-likeness (QED) is 0.0934. The molecule has 0 saturated carbocycles. The number of phenols is 1. The molecule has 3 aliphatic carbocycles. The predicted molar refractivity (Wildman–Crippen MR) is 198 cm³/mol. The van der Waals surface area contributed by atoms with Crippen molar-refractivity contribution in [1.82, 2.24) is 0 Å². The van der Waals surface area contributed by atoms with E-state index in [9.17, 15) is 24.3 Å². The molecular weight excluding hydrogens is 710 g/mol. The second kappa shape index (κ2) is 12.7. The molecule has 1 saturated heterocycles. The van der Waals surface area contributed by atoms with Crippen molar-refractivity contribution in [3.05, 3.63) is 129 Å². The van der Waals surface area contributed by atoms with Crippen LogP contribution in [0.15, 0.2) is 112 Å². The highest BCUT2D eigenvalue weighted by Crippen LogP contribution is 2.56. The van der Waals surface area contributed by atoms with Crippen LogP contribution in [0.2, 0.25) is 0 Å². The number of aromatic hydroxyl groups is 1. The second-order valence-corrected chi connectivity index (χ2v) is 14.0. The molecule has 4 aromatic rings. The maximum atomic E-state index is 14.4. The molecule has 51 heavy (non-hydrogen) atoms. The van der Waals surface area contributed by atoms with Crippen molar-refractivity contribution < 1.29 is 33.8 Å². The lowest BCUT2D eigenvalue weighted by Crippen LogP contribution is -2.39. The number of amides is 2. The van der Waals surface area contributed by atoms with E-state index in [2.05, 4.69) is 15.9 Å². The number of Topliss-reactive ketones (excluding diaryl/α,β-unsaturated/α-hetero) is 1. The summed E-state index contributed by atoms with van der Waals surface area (Å²) in [7, 11) is 3.21. The Hall–Kier alpha value is -5.54. The Kier molecular flexibility index (Phi) is 8.10. The van der Waals surface area contributed by atoms with E-state index in [1.165, 1.54) is 11.0 Å². The molecule has 1 fully saturated rings. The first kappa shape index (κ1) is 32.7. The number of carbonyl (C=O) groups is 4. The largest absolute Gasteiger partial charge is 0.507 e. The number of hydrogen-bond donors (Lipinski definition) is 1. The maximum Gasteiger partial charge on any atom is 0.238 e. The van der Waals surface area contributed by atoms with Crippen molar-refractivity contribution in [2.75, 3.05) is 19.1 Å². The minimum absolute atomic E-state index is 0.107. The smallest absolute Gasteiger partial charge is 0.238 e. The van der Waals surface area contributed by atoms with Crippen molar-refractivity contribution >= 4 is 67.9 Å². The number of ketones is 2. The van der Waals surface area contributed by atoms with Gasteiger partial charge in [0, 0.05) is 34.1 Å². The number of hydrogen-bond acceptors (Lipinski definition) is 7. The number of carbonyl (C=O) groups excluding carboxylic acids is 4. The molecule has 0 aromatic heterocycles. The Morgan fingerprint density at radius 2 is 1.61 bits per heavy atom. The third kappa shape index (κ3) is 5.26. The van der Waals surface area contributed by atoms with Gasteiger partial charge in [-0.3, -0.25) is 24.1 Å². The van der Waals surface area contributed by atoms with Gasteiger partial charge >= 0.3 is 0 Å². The van der Waals surface area contributed by atoms with E-state index in [1.54, 1.807) is 38.5 Å². The highest BCUT2D eigenvalue weighted by molar-refractivity contribution is 9.12. The third-order valence-electron chi connectivity index (χ3n) is 10.6. The second-order valence-electron chi connectivity index (χ2n) is 13.2. The normalized spacial score (nSPS) is 22.9. The van der Waals surface area contributed by atoms with E-state index < -0.39 is 23.7 Å². The minimum Gasteiger partial charge on any atom is -0.507 e. The van der Waals surface area contributed by atoms with Gasteiger partial charge in [-0.05, 0) is 87.6 Å². The number of allylic oxidation sites excluding steroid dienone is 6. The Balaban J connectivity index is 1.15. The Morgan fingerprint density at radius 3 is 2.35 bits per heavy atom. The standard InChI is InChI=1S/C42H32BrNO7/c1-50-25-13-18-36(51-2)23(19-25)10-7-22-8-11-24(12-9-22)44-41(48)30-15-14-29-31(38(30)42(44)49)20-32-39(35(46)21-33(43)40(32)47)37(29)28-16-17-34(45)27-6-4-3-5-26(27)28/h3-14,16-19,21,30-31,37-38,45H,15,20H2,1-2H3/t30-,31+,37-,38-/m0/s1. The zero-order chi connectivity index (χ0) is 35.6. The summed E-state index contributed by atoms with van der Waals surface area (Å²) in [6.45, 7) is 0. The highest BCUT2D eigenvalue weighted by Gasteiger charge is 2.56. The number of fused-ring (bicyclic) bond motifs is 4. The van der Waals surface area contributed by atoms with Crippen LogP contribution in [-0.4, -0.2) is 42.7 Å². The van der Waals surface area contributed by atoms with E-state index in [1.807, 2.05) is 72.8 Å². The summed E-state index contributed by atoms with van der Waals surface area (Å²) >= 11 is 3.29. The molecule has 0 spiro atoms. The number of imide groups is 1. The average Bonchev–Trinajstić information content (AvgIpc) is 3.41. The Labute approximate surface area is 302 Å². The lowest BCUT2D eigenvalue weighted by molar-refractivity contribution is -0.123. The monoisotopic (exact) mass is 741 g/mol. The zero-order valence-corrected chi connectivity index (χ0v) is 29.3. The maximum absolute atomic E-state index is 14.4. The van der Waals surface area contributed by atoms with Crippen molar-refractivity contribution in [3.8, 4) is 17.2 Å². The number of methoxy groups -OCH3 is 2. The van der Waals surface area contributed by atoms with Gasteiger partial charge in [0.05, 0.1) is 36.2 Å². The third-order valence-corrected chi connectivity index (χ3v) is 11.2. The molecule has 9 heteroatoms. The fourth-order valence-electron chi connectivity index (χ4n) is 8.26. The molecule has 8 nitrogen and oxygen atoms in total. The van der Waals surface area contributed by atoms with Gasteiger partial charge in [0.1, 0.15) is 17.2 Å². The van der Waals surface area contributed by atoms with Gasteiger partial charge in [-0.25, -0.2) is 0 Å². The zero-order valence-electron chi connectivity index (χ0n) is 27.8. The van der Waals surface area contributed by atoms with Crippen LogP contribution in [0.3, 0.4) is 0 Å². The van der Waals surface area contributed by atoms with Crippen LogP contribution in [0.5, 0.6) is 17.2 Å². The summed E-state index contributed by atoms with van der Waals surface area (Å²) < 4.78 is 11.0. The lowest BCUT2D eigenvalue weighted by Gasteiger charge is -2.42. The van der Waals surface area contributed by atoms with Crippen LogP contribution >= 0.6 is 15.9 Å². The van der Waals surface area contributed by atoms with Gasteiger partial charge in [0.25, 0.3) is 0 Å². The van der Waals surface area contributed by atoms with E-state index in [-0.39, 0.29) is 40.0 Å². The van der Waals surface area contributed by atoms with Crippen LogP contribution < -0.4 is 14.4 Å². The number of rotatable bonds is 6. The number of benzene rings is 4. The van der Waals surface area contributed by atoms with Crippen LogP contribution in [-0.2, 0) is 19.2 Å². The number of halogens is 1. The van der Waals surface area contributed by atoms with Gasteiger partial charge in [0.15, 0.2) is 11.6 Å². The minimum atomic E-state index is -0.704. The molecule has 0 unspecified atom stereocenters. The SMILES string of the molecule is COc1ccc(OC)c(C=Cc2ccc(N3C(=O)[C@H]4[C@H](CC=C5[C@H](c6ccc(O)c7ccccc67)C6=C(C[C@H]54)C(=O)C(Br)=CC6=O)C3=O)cc2)c1. The molecule has 4 aliphatic rings. The summed E-state index contributed by atoms with van der Waals surface area (Å²) in [6, 6.07) is 23.6. The Morgan fingerprint density at radius 1 is 0.843 bits per heavy atom. The molecule has 4 aromatic carbocycles. The first-order valence-electron chi connectivity index (χ1n) is 16.7. The molecule has 1 heterocycles. The lowest BCUT2D eigenvalue weighted by atomic mass is 9.59. The van der Waals surface area contributed by atoms with Crippen molar-refractivity contribution in [2.24, 2.45) is 17.8 Å². The highest BCUT2D eigenvalue weighted by atomic mass is 79.9. The van der Waals surface area contributed by atoms with Gasteiger partial charge in [-0.2, -0.15) is 0 Å². The molecule has 1 N–H and O–H groups in total. The van der Waals surface area contributed by atoms with Crippen LogP contribution in [0.4, 0.5) is 5.69 Å². The fourth-order valence-corrected chi connectivity index (χ4v) is 8.71. The van der Waals surface area contributed by atoms with Gasteiger partial charge in [-0.15, -0.1) is 0 Å². The molecule has 0 radical (unpaired) electrons. The fraction of sp³-hybridized carbons (Fsp3) is 0.190. The first-order valence-corrected chi connectivity index (χ1v) is 17.5. The summed E-state index contributed by atoms with van der Waals surface area (Å²) in [4.78, 5) is 57.1. The molecular formula is C42H32BrNO7. The number of nitrogens with zero attached hydrogens (tertiary/aromatic N) is 1. The van der Waals surface area contributed by atoms with E-state index >= 15 is 0 Å². The molecule has 1 aliphatic heterocycles. The number of anilines is 1.